The van der Waals surface area contributed by atoms with Crippen LogP contribution in [0.15, 0.2) is 18.2 Å². The van der Waals surface area contributed by atoms with Gasteiger partial charge in [-0.15, -0.1) is 0 Å². The molecular formula is C9H12ClN. The van der Waals surface area contributed by atoms with Gasteiger partial charge in [0.1, 0.15) is 0 Å². The third-order valence-electron chi connectivity index (χ3n) is 1.65. The van der Waals surface area contributed by atoms with E-state index in [1.807, 2.05) is 32.0 Å². The highest BCUT2D eigenvalue weighted by atomic mass is 35.5. The van der Waals surface area contributed by atoms with Crippen molar-refractivity contribution < 1.29 is 0 Å². The lowest BCUT2D eigenvalue weighted by atomic mass is 10.1. The van der Waals surface area contributed by atoms with Gasteiger partial charge in [0, 0.05) is 11.1 Å². The summed E-state index contributed by atoms with van der Waals surface area (Å²) >= 11 is 5.94. The van der Waals surface area contributed by atoms with E-state index in [0.717, 1.165) is 10.6 Å². The van der Waals surface area contributed by atoms with E-state index in [-0.39, 0.29) is 6.04 Å². The maximum atomic E-state index is 5.94. The molecule has 2 heteroatoms. The Labute approximate surface area is 72.2 Å². The smallest absolute Gasteiger partial charge is 0.0456 e. The van der Waals surface area contributed by atoms with Crippen LogP contribution in [0.25, 0.3) is 0 Å². The molecule has 11 heavy (non-hydrogen) atoms. The molecule has 0 aromatic heterocycles. The molecule has 2 N–H and O–H groups in total. The Morgan fingerprint density at radius 1 is 1.45 bits per heavy atom. The van der Waals surface area contributed by atoms with Gasteiger partial charge >= 0.3 is 0 Å². The molecular weight excluding hydrogens is 158 g/mol. The molecule has 60 valence electrons. The molecule has 0 amide bonds. The van der Waals surface area contributed by atoms with E-state index in [2.05, 4.69) is 0 Å². The fraction of sp³-hybridized carbons (Fsp3) is 0.333. The predicted molar refractivity (Wildman–Crippen MR) is 48.8 cm³/mol. The van der Waals surface area contributed by atoms with Crippen LogP contribution in [0.4, 0.5) is 0 Å². The highest BCUT2D eigenvalue weighted by molar-refractivity contribution is 6.31. The van der Waals surface area contributed by atoms with Gasteiger partial charge < -0.3 is 5.73 Å². The summed E-state index contributed by atoms with van der Waals surface area (Å²) in [7, 11) is 0. The van der Waals surface area contributed by atoms with Crippen molar-refractivity contribution in [1.82, 2.24) is 0 Å². The van der Waals surface area contributed by atoms with Crippen molar-refractivity contribution in [3.8, 4) is 0 Å². The molecule has 0 spiro atoms. The van der Waals surface area contributed by atoms with Gasteiger partial charge in [-0.2, -0.15) is 0 Å². The average molecular weight is 170 g/mol. The Morgan fingerprint density at radius 2 is 2.09 bits per heavy atom. The molecule has 0 unspecified atom stereocenters. The van der Waals surface area contributed by atoms with Crippen molar-refractivity contribution in [3.63, 3.8) is 0 Å². The summed E-state index contributed by atoms with van der Waals surface area (Å²) in [5, 5.41) is 0.764. The van der Waals surface area contributed by atoms with Crippen LogP contribution in [0, 0.1) is 6.92 Å². The summed E-state index contributed by atoms with van der Waals surface area (Å²) in [6.45, 7) is 3.94. The Hall–Kier alpha value is -0.530. The molecule has 1 nitrogen and oxygen atoms in total. The number of benzene rings is 1. The quantitative estimate of drug-likeness (QED) is 0.688. The molecule has 1 aromatic carbocycles. The minimum absolute atomic E-state index is 0.0168. The second-order valence-electron chi connectivity index (χ2n) is 2.81. The van der Waals surface area contributed by atoms with Crippen molar-refractivity contribution >= 4 is 11.6 Å². The fourth-order valence-electron chi connectivity index (χ4n) is 1.00. The van der Waals surface area contributed by atoms with Gasteiger partial charge in [0.25, 0.3) is 0 Å². The summed E-state index contributed by atoms with van der Waals surface area (Å²) < 4.78 is 0. The third kappa shape index (κ3) is 1.95. The molecule has 0 fully saturated rings. The van der Waals surface area contributed by atoms with Crippen LogP contribution in [-0.2, 0) is 0 Å². The summed E-state index contributed by atoms with van der Waals surface area (Å²) in [6, 6.07) is 5.94. The second kappa shape index (κ2) is 3.24. The van der Waals surface area contributed by atoms with Crippen molar-refractivity contribution in [2.45, 2.75) is 19.9 Å². The van der Waals surface area contributed by atoms with Crippen LogP contribution in [0.5, 0.6) is 0 Å². The number of hydrogen-bond acceptors (Lipinski definition) is 1. The number of aryl methyl sites for hydroxylation is 1. The number of hydrogen-bond donors (Lipinski definition) is 1. The van der Waals surface area contributed by atoms with Crippen molar-refractivity contribution in [1.29, 1.82) is 0 Å². The standard InChI is InChI=1S/C9H12ClN/c1-6-3-4-8(7(2)11)9(10)5-6/h3-5,7H,11H2,1-2H3/t7-/m0/s1. The average Bonchev–Trinajstić information content (AvgIpc) is 1.85. The van der Waals surface area contributed by atoms with Crippen LogP contribution >= 0.6 is 11.6 Å². The number of rotatable bonds is 1. The molecule has 0 bridgehead atoms. The van der Waals surface area contributed by atoms with E-state index in [0.29, 0.717) is 0 Å². The van der Waals surface area contributed by atoms with Crippen molar-refractivity contribution in [2.75, 3.05) is 0 Å². The zero-order valence-electron chi connectivity index (χ0n) is 6.76. The number of nitrogens with two attached hydrogens (primary N) is 1. The van der Waals surface area contributed by atoms with Crippen LogP contribution in [0.1, 0.15) is 24.1 Å². The first kappa shape index (κ1) is 8.57. The Balaban J connectivity index is 3.09. The molecule has 0 radical (unpaired) electrons. The molecule has 0 aliphatic heterocycles. The molecule has 0 saturated heterocycles. The van der Waals surface area contributed by atoms with Crippen LogP contribution in [0.2, 0.25) is 5.02 Å². The topological polar surface area (TPSA) is 26.0 Å². The first-order chi connectivity index (χ1) is 5.11. The fourth-order valence-corrected chi connectivity index (χ4v) is 1.41. The monoisotopic (exact) mass is 169 g/mol. The van der Waals surface area contributed by atoms with Gasteiger partial charge in [0.15, 0.2) is 0 Å². The Kier molecular flexibility index (Phi) is 2.53. The van der Waals surface area contributed by atoms with E-state index in [4.69, 9.17) is 17.3 Å². The summed E-state index contributed by atoms with van der Waals surface area (Å²) in [5.41, 5.74) is 7.86. The van der Waals surface area contributed by atoms with Crippen LogP contribution in [-0.4, -0.2) is 0 Å². The number of halogens is 1. The molecule has 1 rings (SSSR count). The van der Waals surface area contributed by atoms with E-state index >= 15 is 0 Å². The molecule has 0 aliphatic rings. The highest BCUT2D eigenvalue weighted by Crippen LogP contribution is 2.21. The minimum Gasteiger partial charge on any atom is -0.324 e. The van der Waals surface area contributed by atoms with Crippen LogP contribution < -0.4 is 5.73 Å². The summed E-state index contributed by atoms with van der Waals surface area (Å²) in [6.07, 6.45) is 0. The lowest BCUT2D eigenvalue weighted by Gasteiger charge is -2.07. The molecule has 1 aromatic rings. The molecule has 0 heterocycles. The molecule has 0 aliphatic carbocycles. The lowest BCUT2D eigenvalue weighted by molar-refractivity contribution is 0.818. The third-order valence-corrected chi connectivity index (χ3v) is 1.97. The minimum atomic E-state index is 0.0168. The zero-order valence-corrected chi connectivity index (χ0v) is 7.52. The zero-order chi connectivity index (χ0) is 8.43. The molecule has 1 atom stereocenters. The Bertz CT molecular complexity index is 256. The summed E-state index contributed by atoms with van der Waals surface area (Å²) in [5.74, 6) is 0. The molecule has 0 saturated carbocycles. The van der Waals surface area contributed by atoms with E-state index in [1.54, 1.807) is 0 Å². The SMILES string of the molecule is Cc1ccc([C@H](C)N)c(Cl)c1. The van der Waals surface area contributed by atoms with Gasteiger partial charge in [-0.1, -0.05) is 23.7 Å². The van der Waals surface area contributed by atoms with Crippen LogP contribution in [0.3, 0.4) is 0 Å². The van der Waals surface area contributed by atoms with Gasteiger partial charge in [-0.25, -0.2) is 0 Å². The predicted octanol–water partition coefficient (Wildman–Crippen LogP) is 2.67. The largest absolute Gasteiger partial charge is 0.324 e. The Morgan fingerprint density at radius 3 is 2.55 bits per heavy atom. The first-order valence-corrected chi connectivity index (χ1v) is 4.00. The first-order valence-electron chi connectivity index (χ1n) is 3.63. The van der Waals surface area contributed by atoms with Crippen molar-refractivity contribution in [2.24, 2.45) is 5.73 Å². The van der Waals surface area contributed by atoms with Gasteiger partial charge in [0.05, 0.1) is 0 Å². The van der Waals surface area contributed by atoms with E-state index < -0.39 is 0 Å². The van der Waals surface area contributed by atoms with Gasteiger partial charge in [-0.3, -0.25) is 0 Å². The summed E-state index contributed by atoms with van der Waals surface area (Å²) in [4.78, 5) is 0. The highest BCUT2D eigenvalue weighted by Gasteiger charge is 2.03. The maximum absolute atomic E-state index is 5.94. The normalized spacial score (nSPS) is 13.1. The maximum Gasteiger partial charge on any atom is 0.0456 e. The van der Waals surface area contributed by atoms with E-state index in [1.165, 1.54) is 5.56 Å². The second-order valence-corrected chi connectivity index (χ2v) is 3.22. The van der Waals surface area contributed by atoms with E-state index in [9.17, 15) is 0 Å². The van der Waals surface area contributed by atoms with Gasteiger partial charge in [-0.05, 0) is 31.0 Å². The lowest BCUT2D eigenvalue weighted by Crippen LogP contribution is -2.05. The van der Waals surface area contributed by atoms with Gasteiger partial charge in [0.2, 0.25) is 0 Å². The van der Waals surface area contributed by atoms with Crippen molar-refractivity contribution in [3.05, 3.63) is 34.3 Å².